The second-order valence-corrected chi connectivity index (χ2v) is 11.3. The molecule has 4 atom stereocenters. The molecule has 8 heteroatoms. The van der Waals surface area contributed by atoms with E-state index in [0.717, 1.165) is 23.1 Å². The Morgan fingerprint density at radius 3 is 1.74 bits per heavy atom. The quantitative estimate of drug-likeness (QED) is 0.249. The van der Waals surface area contributed by atoms with Crippen molar-refractivity contribution in [2.24, 2.45) is 0 Å². The van der Waals surface area contributed by atoms with E-state index in [1.807, 2.05) is 110 Å². The molecule has 0 aromatic heterocycles. The predicted molar refractivity (Wildman–Crippen MR) is 170 cm³/mol. The fraction of sp³-hybridized carbons (Fsp3) is 0.412. The van der Waals surface area contributed by atoms with Gasteiger partial charge >= 0.3 is 0 Å². The highest BCUT2D eigenvalue weighted by atomic mass is 32.1. The molecule has 0 radical (unpaired) electrons. The fourth-order valence-electron chi connectivity index (χ4n) is 5.14. The summed E-state index contributed by atoms with van der Waals surface area (Å²) in [7, 11) is 0. The van der Waals surface area contributed by atoms with Crippen LogP contribution in [0.4, 0.5) is 0 Å². The van der Waals surface area contributed by atoms with E-state index in [1.165, 1.54) is 0 Å². The summed E-state index contributed by atoms with van der Waals surface area (Å²) in [5.41, 5.74) is 3.05. The number of hydrogen-bond acceptors (Lipinski definition) is 5. The third-order valence-electron chi connectivity index (χ3n) is 7.13. The van der Waals surface area contributed by atoms with Gasteiger partial charge in [0.05, 0.1) is 25.9 Å². The molecule has 0 spiro atoms. The molecule has 3 aromatic carbocycles. The van der Waals surface area contributed by atoms with Gasteiger partial charge < -0.3 is 29.7 Å². The Morgan fingerprint density at radius 1 is 0.786 bits per heavy atom. The van der Waals surface area contributed by atoms with Gasteiger partial charge in [0.1, 0.15) is 12.2 Å². The number of amides is 1. The number of carbonyl (C=O) groups excluding carboxylic acids is 1. The van der Waals surface area contributed by atoms with E-state index in [1.54, 1.807) is 0 Å². The molecule has 0 aliphatic carbocycles. The van der Waals surface area contributed by atoms with Crippen LogP contribution in [0, 0.1) is 0 Å². The molecule has 224 valence electrons. The molecule has 0 saturated carbocycles. The lowest BCUT2D eigenvalue weighted by molar-refractivity contribution is -0.208. The lowest BCUT2D eigenvalue weighted by atomic mass is 9.91. The average Bonchev–Trinajstić information content (AvgIpc) is 3.00. The first-order chi connectivity index (χ1) is 20.5. The zero-order chi connectivity index (χ0) is 29.7. The molecule has 1 fully saturated rings. The van der Waals surface area contributed by atoms with Crippen LogP contribution >= 0.6 is 12.2 Å². The van der Waals surface area contributed by atoms with E-state index in [-0.39, 0.29) is 18.0 Å². The minimum Gasteiger partial charge on any atom is -0.368 e. The summed E-state index contributed by atoms with van der Waals surface area (Å²) >= 11 is 5.55. The smallest absolute Gasteiger partial charge is 0.254 e. The van der Waals surface area contributed by atoms with Gasteiger partial charge in [0.2, 0.25) is 0 Å². The van der Waals surface area contributed by atoms with Crippen LogP contribution in [0.15, 0.2) is 91.0 Å². The van der Waals surface area contributed by atoms with Gasteiger partial charge in [-0.15, -0.1) is 0 Å². The van der Waals surface area contributed by atoms with E-state index < -0.39 is 18.3 Å². The number of likely N-dealkylation sites (tertiary alicyclic amines) is 1. The number of hydrogen-bond donors (Lipinski definition) is 2. The molecule has 4 rings (SSSR count). The van der Waals surface area contributed by atoms with Crippen molar-refractivity contribution in [3.63, 3.8) is 0 Å². The molecule has 1 aliphatic rings. The summed E-state index contributed by atoms with van der Waals surface area (Å²) in [6.07, 6.45) is -1.16. The zero-order valence-corrected chi connectivity index (χ0v) is 25.6. The highest BCUT2D eigenvalue weighted by Crippen LogP contribution is 2.29. The van der Waals surface area contributed by atoms with Crippen molar-refractivity contribution in [1.29, 1.82) is 0 Å². The van der Waals surface area contributed by atoms with Gasteiger partial charge in [0.15, 0.2) is 11.2 Å². The molecule has 0 unspecified atom stereocenters. The number of nitrogens with zero attached hydrogens (tertiary/aromatic N) is 1. The third kappa shape index (κ3) is 9.10. The summed E-state index contributed by atoms with van der Waals surface area (Å²) in [4.78, 5) is 16.1. The monoisotopic (exact) mass is 589 g/mol. The highest BCUT2D eigenvalue weighted by Gasteiger charge is 2.50. The predicted octanol–water partition coefficient (Wildman–Crippen LogP) is 5.24. The van der Waals surface area contributed by atoms with Crippen LogP contribution in [-0.2, 0) is 38.8 Å². The normalized spacial score (nSPS) is 20.5. The molecule has 1 saturated heterocycles. The SMILES string of the molecule is CCCN1C(=O)[C@H](OCc2ccccc2)[C@H](OCc2ccccc2)[C@H](OCc2ccccc2)[C@H]1CNC(=S)NC(C)C. The van der Waals surface area contributed by atoms with Crippen molar-refractivity contribution in [2.75, 3.05) is 13.1 Å². The summed E-state index contributed by atoms with van der Waals surface area (Å²) in [6, 6.07) is 29.8. The van der Waals surface area contributed by atoms with Crippen LogP contribution in [0.25, 0.3) is 0 Å². The van der Waals surface area contributed by atoms with Crippen LogP contribution in [0.3, 0.4) is 0 Å². The maximum absolute atomic E-state index is 14.2. The molecular formula is C34H43N3O4S. The second-order valence-electron chi connectivity index (χ2n) is 10.8. The first kappa shape index (κ1) is 31.6. The Morgan fingerprint density at radius 2 is 1.26 bits per heavy atom. The van der Waals surface area contributed by atoms with Crippen molar-refractivity contribution < 1.29 is 19.0 Å². The van der Waals surface area contributed by atoms with Crippen LogP contribution in [0.2, 0.25) is 0 Å². The largest absolute Gasteiger partial charge is 0.368 e. The summed E-state index contributed by atoms with van der Waals surface area (Å²) < 4.78 is 19.7. The zero-order valence-electron chi connectivity index (χ0n) is 24.8. The minimum atomic E-state index is -0.835. The summed E-state index contributed by atoms with van der Waals surface area (Å²) in [6.45, 7) is 8.12. The molecular weight excluding hydrogens is 546 g/mol. The summed E-state index contributed by atoms with van der Waals surface area (Å²) in [5.74, 6) is -0.0973. The Balaban J connectivity index is 1.66. The van der Waals surface area contributed by atoms with Gasteiger partial charge in [-0.05, 0) is 49.2 Å². The van der Waals surface area contributed by atoms with E-state index in [9.17, 15) is 4.79 Å². The Hall–Kier alpha value is -3.30. The Labute approximate surface area is 255 Å². The van der Waals surface area contributed by atoms with Crippen LogP contribution in [-0.4, -0.2) is 59.4 Å². The van der Waals surface area contributed by atoms with Crippen molar-refractivity contribution in [1.82, 2.24) is 15.5 Å². The standard InChI is InChI=1S/C34H43N3O4S/c1-4-20-37-29(21-35-34(42)36-25(2)3)30(39-22-26-14-8-5-9-15-26)31(40-23-27-16-10-6-11-17-27)32(33(37)38)41-24-28-18-12-7-13-19-28/h5-19,25,29-32H,4,20-24H2,1-3H3,(H2,35,36,42)/t29-,30-,31-,32-/m1/s1. The number of piperidine rings is 1. The number of thiocarbonyl (C=S) groups is 1. The lowest BCUT2D eigenvalue weighted by Gasteiger charge is -2.48. The van der Waals surface area contributed by atoms with E-state index in [2.05, 4.69) is 17.6 Å². The number of benzene rings is 3. The van der Waals surface area contributed by atoms with Gasteiger partial charge in [0, 0.05) is 19.1 Å². The molecule has 1 heterocycles. The van der Waals surface area contributed by atoms with Gasteiger partial charge in [-0.1, -0.05) is 97.9 Å². The molecule has 3 aromatic rings. The second kappa shape index (κ2) is 16.4. The van der Waals surface area contributed by atoms with E-state index in [0.29, 0.717) is 38.0 Å². The molecule has 42 heavy (non-hydrogen) atoms. The van der Waals surface area contributed by atoms with Gasteiger partial charge in [-0.2, -0.15) is 0 Å². The third-order valence-corrected chi connectivity index (χ3v) is 7.39. The van der Waals surface area contributed by atoms with Gasteiger partial charge in [-0.25, -0.2) is 0 Å². The van der Waals surface area contributed by atoms with Crippen LogP contribution in [0.5, 0.6) is 0 Å². The topological polar surface area (TPSA) is 72.1 Å². The minimum absolute atomic E-state index is 0.0973. The maximum atomic E-state index is 14.2. The molecule has 0 bridgehead atoms. The number of nitrogens with one attached hydrogen (secondary N) is 2. The first-order valence-corrected chi connectivity index (χ1v) is 15.2. The molecule has 1 amide bonds. The summed E-state index contributed by atoms with van der Waals surface area (Å²) in [5, 5.41) is 7.12. The number of carbonyl (C=O) groups is 1. The van der Waals surface area contributed by atoms with Gasteiger partial charge in [-0.3, -0.25) is 4.79 Å². The van der Waals surface area contributed by atoms with Crippen molar-refractivity contribution in [3.8, 4) is 0 Å². The van der Waals surface area contributed by atoms with E-state index in [4.69, 9.17) is 26.4 Å². The van der Waals surface area contributed by atoms with Crippen LogP contribution in [0.1, 0.15) is 43.9 Å². The lowest BCUT2D eigenvalue weighted by Crippen LogP contribution is -2.68. The van der Waals surface area contributed by atoms with E-state index >= 15 is 0 Å². The Kier molecular flexibility index (Phi) is 12.3. The van der Waals surface area contributed by atoms with Crippen molar-refractivity contribution in [3.05, 3.63) is 108 Å². The molecule has 1 aliphatic heterocycles. The van der Waals surface area contributed by atoms with Crippen LogP contribution < -0.4 is 10.6 Å². The van der Waals surface area contributed by atoms with Gasteiger partial charge in [0.25, 0.3) is 5.91 Å². The maximum Gasteiger partial charge on any atom is 0.254 e. The molecule has 2 N–H and O–H groups in total. The van der Waals surface area contributed by atoms with Crippen molar-refractivity contribution in [2.45, 2.75) is 77.4 Å². The first-order valence-electron chi connectivity index (χ1n) is 14.8. The average molecular weight is 590 g/mol. The fourth-order valence-corrected chi connectivity index (χ4v) is 5.46. The number of rotatable bonds is 14. The Bertz CT molecular complexity index is 1230. The highest BCUT2D eigenvalue weighted by molar-refractivity contribution is 7.80. The van der Waals surface area contributed by atoms with Crippen molar-refractivity contribution >= 4 is 23.2 Å². The molecule has 7 nitrogen and oxygen atoms in total. The number of ether oxygens (including phenoxy) is 3.